The molecule has 0 fully saturated rings. The molecule has 10 heteroatoms. The molecule has 7 nitrogen and oxygen atoms in total. The SMILES string of the molecule is COC(CNC(=O)C(=O)Nc1ccc(OC(F)(F)F)cc1)c1cc2ccccc2o1. The summed E-state index contributed by atoms with van der Waals surface area (Å²) in [4.78, 5) is 24.0. The topological polar surface area (TPSA) is 89.8 Å². The molecule has 1 unspecified atom stereocenters. The van der Waals surface area contributed by atoms with E-state index in [4.69, 9.17) is 9.15 Å². The van der Waals surface area contributed by atoms with Gasteiger partial charge in [0.2, 0.25) is 0 Å². The number of carbonyl (C=O) groups is 2. The maximum Gasteiger partial charge on any atom is 0.573 e. The predicted octanol–water partition coefficient (Wildman–Crippen LogP) is 3.77. The third-order valence-corrected chi connectivity index (χ3v) is 4.05. The van der Waals surface area contributed by atoms with Crippen molar-refractivity contribution in [1.29, 1.82) is 0 Å². The zero-order chi connectivity index (χ0) is 21.7. The molecule has 0 radical (unpaired) electrons. The van der Waals surface area contributed by atoms with E-state index in [9.17, 15) is 22.8 Å². The van der Waals surface area contributed by atoms with Gasteiger partial charge in [0.05, 0.1) is 6.54 Å². The van der Waals surface area contributed by atoms with Crippen molar-refractivity contribution >= 4 is 28.5 Å². The van der Waals surface area contributed by atoms with Crippen LogP contribution in [-0.4, -0.2) is 31.8 Å². The normalized spacial score (nSPS) is 12.4. The number of nitrogens with one attached hydrogen (secondary N) is 2. The number of furan rings is 1. The number of hydrogen-bond acceptors (Lipinski definition) is 5. The Morgan fingerprint density at radius 1 is 1.07 bits per heavy atom. The van der Waals surface area contributed by atoms with Crippen molar-refractivity contribution in [1.82, 2.24) is 5.32 Å². The number of alkyl halides is 3. The van der Waals surface area contributed by atoms with Crippen molar-refractivity contribution < 1.29 is 36.7 Å². The highest BCUT2D eigenvalue weighted by molar-refractivity contribution is 6.39. The molecule has 0 saturated carbocycles. The molecule has 0 aliphatic rings. The summed E-state index contributed by atoms with van der Waals surface area (Å²) in [7, 11) is 1.44. The summed E-state index contributed by atoms with van der Waals surface area (Å²) in [5, 5.41) is 5.58. The van der Waals surface area contributed by atoms with Crippen LogP contribution in [0.15, 0.2) is 59.0 Å². The molecule has 2 amide bonds. The first-order chi connectivity index (χ1) is 14.2. The van der Waals surface area contributed by atoms with Gasteiger partial charge < -0.3 is 24.5 Å². The van der Waals surface area contributed by atoms with Crippen LogP contribution in [0.5, 0.6) is 5.75 Å². The molecule has 1 heterocycles. The fourth-order valence-corrected chi connectivity index (χ4v) is 2.65. The van der Waals surface area contributed by atoms with Crippen LogP contribution in [0.2, 0.25) is 0 Å². The number of fused-ring (bicyclic) bond motifs is 1. The molecule has 3 aromatic rings. The fourth-order valence-electron chi connectivity index (χ4n) is 2.65. The van der Waals surface area contributed by atoms with Crippen molar-refractivity contribution in [2.45, 2.75) is 12.5 Å². The van der Waals surface area contributed by atoms with E-state index in [1.54, 1.807) is 12.1 Å². The Morgan fingerprint density at radius 2 is 1.77 bits per heavy atom. The summed E-state index contributed by atoms with van der Waals surface area (Å²) in [5.74, 6) is -1.89. The first-order valence-electron chi connectivity index (χ1n) is 8.71. The maximum absolute atomic E-state index is 12.2. The summed E-state index contributed by atoms with van der Waals surface area (Å²) in [6.45, 7) is -0.0268. The van der Waals surface area contributed by atoms with Gasteiger partial charge in [-0.3, -0.25) is 9.59 Å². The molecule has 1 atom stereocenters. The van der Waals surface area contributed by atoms with Crippen molar-refractivity contribution in [3.63, 3.8) is 0 Å². The lowest BCUT2D eigenvalue weighted by Gasteiger charge is -2.14. The zero-order valence-electron chi connectivity index (χ0n) is 15.7. The summed E-state index contributed by atoms with van der Waals surface area (Å²) >= 11 is 0. The average molecular weight is 422 g/mol. The Balaban J connectivity index is 1.55. The molecule has 158 valence electrons. The van der Waals surface area contributed by atoms with Gasteiger partial charge in [0, 0.05) is 18.2 Å². The van der Waals surface area contributed by atoms with Gasteiger partial charge in [-0.2, -0.15) is 0 Å². The summed E-state index contributed by atoms with van der Waals surface area (Å²) in [6.07, 6.45) is -5.43. The van der Waals surface area contributed by atoms with Crippen LogP contribution in [0.25, 0.3) is 11.0 Å². The number of anilines is 1. The Hall–Kier alpha value is -3.53. The van der Waals surface area contributed by atoms with Crippen LogP contribution in [0, 0.1) is 0 Å². The van der Waals surface area contributed by atoms with E-state index < -0.39 is 30.0 Å². The van der Waals surface area contributed by atoms with Gasteiger partial charge in [0.1, 0.15) is 23.2 Å². The lowest BCUT2D eigenvalue weighted by atomic mass is 10.2. The molecular formula is C20H17F3N2O5. The van der Waals surface area contributed by atoms with Crippen molar-refractivity contribution in [3.8, 4) is 5.75 Å². The molecular weight excluding hydrogens is 405 g/mol. The van der Waals surface area contributed by atoms with Crippen LogP contribution in [0.1, 0.15) is 11.9 Å². The highest BCUT2D eigenvalue weighted by Crippen LogP contribution is 2.26. The molecule has 3 rings (SSSR count). The molecule has 0 spiro atoms. The number of carbonyl (C=O) groups excluding carboxylic acids is 2. The Labute approximate surface area is 168 Å². The lowest BCUT2D eigenvalue weighted by Crippen LogP contribution is -2.37. The molecule has 0 saturated heterocycles. The molecule has 2 N–H and O–H groups in total. The van der Waals surface area contributed by atoms with E-state index in [1.807, 2.05) is 18.2 Å². The van der Waals surface area contributed by atoms with E-state index in [1.165, 1.54) is 19.2 Å². The molecule has 0 aliphatic heterocycles. The van der Waals surface area contributed by atoms with Crippen molar-refractivity contribution in [2.75, 3.05) is 19.0 Å². The third kappa shape index (κ3) is 5.51. The maximum atomic E-state index is 12.2. The summed E-state index contributed by atoms with van der Waals surface area (Å²) in [5.41, 5.74) is 0.793. The van der Waals surface area contributed by atoms with Gasteiger partial charge in [0.15, 0.2) is 0 Å². The van der Waals surface area contributed by atoms with Gasteiger partial charge in [-0.05, 0) is 36.4 Å². The van der Waals surface area contributed by atoms with Crippen LogP contribution in [-0.2, 0) is 14.3 Å². The number of hydrogen-bond donors (Lipinski definition) is 2. The average Bonchev–Trinajstić information content (AvgIpc) is 3.12. The Bertz CT molecular complexity index is 998. The van der Waals surface area contributed by atoms with Gasteiger partial charge in [-0.25, -0.2) is 0 Å². The quantitative estimate of drug-likeness (QED) is 0.591. The van der Waals surface area contributed by atoms with Gasteiger partial charge in [-0.1, -0.05) is 18.2 Å². The zero-order valence-corrected chi connectivity index (χ0v) is 15.7. The minimum absolute atomic E-state index is 0.0268. The number of rotatable bonds is 6. The molecule has 30 heavy (non-hydrogen) atoms. The predicted molar refractivity (Wildman–Crippen MR) is 101 cm³/mol. The third-order valence-electron chi connectivity index (χ3n) is 4.05. The second-order valence-electron chi connectivity index (χ2n) is 6.15. The highest BCUT2D eigenvalue weighted by Gasteiger charge is 2.31. The van der Waals surface area contributed by atoms with E-state index in [2.05, 4.69) is 15.4 Å². The minimum atomic E-state index is -4.82. The highest BCUT2D eigenvalue weighted by atomic mass is 19.4. The minimum Gasteiger partial charge on any atom is -0.458 e. The van der Waals surface area contributed by atoms with Crippen LogP contribution in [0.4, 0.5) is 18.9 Å². The van der Waals surface area contributed by atoms with Crippen molar-refractivity contribution in [3.05, 3.63) is 60.4 Å². The Kier molecular flexibility index (Phi) is 6.26. The van der Waals surface area contributed by atoms with E-state index in [0.29, 0.717) is 11.3 Å². The Morgan fingerprint density at radius 3 is 2.40 bits per heavy atom. The largest absolute Gasteiger partial charge is 0.573 e. The second-order valence-corrected chi connectivity index (χ2v) is 6.15. The first kappa shape index (κ1) is 21.2. The van der Waals surface area contributed by atoms with Gasteiger partial charge in [-0.15, -0.1) is 13.2 Å². The summed E-state index contributed by atoms with van der Waals surface area (Å²) < 4.78 is 51.2. The smallest absolute Gasteiger partial charge is 0.458 e. The number of methoxy groups -OCH3 is 1. The molecule has 0 aliphatic carbocycles. The fraction of sp³-hybridized carbons (Fsp3) is 0.200. The second kappa shape index (κ2) is 8.87. The molecule has 0 bridgehead atoms. The molecule has 1 aromatic heterocycles. The summed E-state index contributed by atoms with van der Waals surface area (Å²) in [6, 6.07) is 13.5. The van der Waals surface area contributed by atoms with E-state index in [-0.39, 0.29) is 12.2 Å². The van der Waals surface area contributed by atoms with Gasteiger partial charge >= 0.3 is 18.2 Å². The number of halogens is 3. The van der Waals surface area contributed by atoms with E-state index in [0.717, 1.165) is 17.5 Å². The number of amides is 2. The molecule has 2 aromatic carbocycles. The van der Waals surface area contributed by atoms with Crippen molar-refractivity contribution in [2.24, 2.45) is 0 Å². The van der Waals surface area contributed by atoms with E-state index >= 15 is 0 Å². The number of para-hydroxylation sites is 1. The van der Waals surface area contributed by atoms with Crippen LogP contribution in [0.3, 0.4) is 0 Å². The van der Waals surface area contributed by atoms with Crippen LogP contribution < -0.4 is 15.4 Å². The number of ether oxygens (including phenoxy) is 2. The van der Waals surface area contributed by atoms with Crippen LogP contribution >= 0.6 is 0 Å². The standard InChI is InChI=1S/C20H17F3N2O5/c1-28-17(16-10-12-4-2-3-5-15(12)29-16)11-24-18(26)19(27)25-13-6-8-14(9-7-13)30-20(21,22)23/h2-10,17H,11H2,1H3,(H,24,26)(H,25,27). The monoisotopic (exact) mass is 422 g/mol. The first-order valence-corrected chi connectivity index (χ1v) is 8.71. The van der Waals surface area contributed by atoms with Gasteiger partial charge in [0.25, 0.3) is 0 Å². The number of benzene rings is 2. The lowest BCUT2D eigenvalue weighted by molar-refractivity contribution is -0.274.